The van der Waals surface area contributed by atoms with E-state index in [0.29, 0.717) is 5.69 Å². The molecule has 1 saturated heterocycles. The lowest BCUT2D eigenvalue weighted by Gasteiger charge is -2.34. The number of hydrazine groups is 1. The average molecular weight is 544 g/mol. The van der Waals surface area contributed by atoms with Crippen LogP contribution in [0.25, 0.3) is 11.3 Å². The minimum absolute atomic E-state index is 0.174. The Morgan fingerprint density at radius 1 is 0.821 bits per heavy atom. The molecule has 8 nitrogen and oxygen atoms in total. The zero-order valence-electron chi connectivity index (χ0n) is 22.1. The second-order valence-electron chi connectivity index (χ2n) is 9.76. The first-order chi connectivity index (χ1) is 18.9. The van der Waals surface area contributed by atoms with Gasteiger partial charge in [-0.2, -0.15) is 4.31 Å². The molecule has 0 bridgehead atoms. The molecule has 0 spiro atoms. The van der Waals surface area contributed by atoms with E-state index < -0.39 is 10.0 Å². The Kier molecular flexibility index (Phi) is 8.21. The number of imidazole rings is 1. The molecule has 1 aliphatic heterocycles. The molecule has 9 heteroatoms. The van der Waals surface area contributed by atoms with Crippen LogP contribution in [-0.4, -0.2) is 58.5 Å². The highest BCUT2D eigenvalue weighted by atomic mass is 32.2. The van der Waals surface area contributed by atoms with Gasteiger partial charge >= 0.3 is 6.03 Å². The van der Waals surface area contributed by atoms with E-state index in [9.17, 15) is 13.2 Å². The van der Waals surface area contributed by atoms with Crippen molar-refractivity contribution < 1.29 is 13.2 Å². The number of hydrogen-bond acceptors (Lipinski definition) is 5. The van der Waals surface area contributed by atoms with Crippen molar-refractivity contribution in [1.29, 1.82) is 0 Å². The molecular weight excluding hydrogens is 510 g/mol. The quantitative estimate of drug-likeness (QED) is 0.304. The van der Waals surface area contributed by atoms with Gasteiger partial charge in [0.05, 0.1) is 10.6 Å². The largest absolute Gasteiger partial charge is 0.343 e. The monoisotopic (exact) mass is 543 g/mol. The second kappa shape index (κ2) is 11.9. The van der Waals surface area contributed by atoms with Crippen molar-refractivity contribution in [2.24, 2.45) is 0 Å². The summed E-state index contributed by atoms with van der Waals surface area (Å²) < 4.78 is 30.5. The number of rotatable bonds is 8. The molecule has 0 radical (unpaired) electrons. The molecule has 1 aromatic heterocycles. The molecule has 39 heavy (non-hydrogen) atoms. The van der Waals surface area contributed by atoms with E-state index in [-0.39, 0.29) is 24.0 Å². The molecule has 0 atom stereocenters. The fourth-order valence-electron chi connectivity index (χ4n) is 4.79. The van der Waals surface area contributed by atoms with Crippen molar-refractivity contribution in [1.82, 2.24) is 23.9 Å². The van der Waals surface area contributed by atoms with Gasteiger partial charge in [0.1, 0.15) is 6.33 Å². The molecule has 1 aliphatic rings. The normalized spacial score (nSPS) is 14.4. The first-order valence-electron chi connectivity index (χ1n) is 13.2. The lowest BCUT2D eigenvalue weighted by atomic mass is 10.2. The summed E-state index contributed by atoms with van der Waals surface area (Å²) in [6.07, 6.45) is 6.54. The number of benzene rings is 3. The number of carbonyl (C=O) groups excluding carboxylic acids is 1. The Hall–Kier alpha value is -3.79. The summed E-state index contributed by atoms with van der Waals surface area (Å²) in [6, 6.07) is 25.7. The van der Waals surface area contributed by atoms with Gasteiger partial charge in [0.2, 0.25) is 10.0 Å². The van der Waals surface area contributed by atoms with Gasteiger partial charge in [-0.1, -0.05) is 79.2 Å². The van der Waals surface area contributed by atoms with Crippen LogP contribution >= 0.6 is 0 Å². The summed E-state index contributed by atoms with van der Waals surface area (Å²) in [5.41, 5.74) is 3.17. The van der Waals surface area contributed by atoms with E-state index in [1.807, 2.05) is 60.7 Å². The number of hydrogen-bond donors (Lipinski definition) is 0. The third-order valence-corrected chi connectivity index (χ3v) is 8.83. The second-order valence-corrected chi connectivity index (χ2v) is 11.7. The molecule has 202 valence electrons. The number of nitrogens with zero attached hydrogens (tertiary/aromatic N) is 5. The van der Waals surface area contributed by atoms with Crippen LogP contribution in [0.4, 0.5) is 4.79 Å². The number of amides is 1. The van der Waals surface area contributed by atoms with Crippen molar-refractivity contribution in [2.75, 3.05) is 20.1 Å². The number of piperidine rings is 1. The van der Waals surface area contributed by atoms with Crippen molar-refractivity contribution in [2.45, 2.75) is 37.2 Å². The van der Waals surface area contributed by atoms with Crippen molar-refractivity contribution >= 4 is 16.1 Å². The Bertz CT molecular complexity index is 1440. The maximum absolute atomic E-state index is 13.8. The van der Waals surface area contributed by atoms with Crippen molar-refractivity contribution in [3.05, 3.63) is 109 Å². The van der Waals surface area contributed by atoms with Gasteiger partial charge in [-0.3, -0.25) is 9.58 Å². The summed E-state index contributed by atoms with van der Waals surface area (Å²) in [4.78, 5) is 17.6. The van der Waals surface area contributed by atoms with Crippen molar-refractivity contribution in [3.63, 3.8) is 0 Å². The number of sulfonamides is 1. The molecule has 0 N–H and O–H groups in total. The molecular formula is C30H33N5O3S. The van der Waals surface area contributed by atoms with Gasteiger partial charge in [0.15, 0.2) is 0 Å². The Balaban J connectivity index is 1.35. The predicted molar refractivity (Wildman–Crippen MR) is 151 cm³/mol. The molecule has 1 fully saturated rings. The Morgan fingerprint density at radius 2 is 1.38 bits per heavy atom. The van der Waals surface area contributed by atoms with Gasteiger partial charge in [-0.05, 0) is 36.1 Å². The van der Waals surface area contributed by atoms with Crippen LogP contribution in [0.5, 0.6) is 0 Å². The molecule has 0 saturated carbocycles. The van der Waals surface area contributed by atoms with Gasteiger partial charge in [-0.25, -0.2) is 23.2 Å². The lowest BCUT2D eigenvalue weighted by Crippen LogP contribution is -2.47. The van der Waals surface area contributed by atoms with Crippen LogP contribution in [0.3, 0.4) is 0 Å². The third kappa shape index (κ3) is 6.27. The fraction of sp³-hybridized carbons (Fsp3) is 0.267. The van der Waals surface area contributed by atoms with Gasteiger partial charge < -0.3 is 0 Å². The first-order valence-corrected chi connectivity index (χ1v) is 14.6. The highest BCUT2D eigenvalue weighted by Gasteiger charge is 2.26. The third-order valence-electron chi connectivity index (χ3n) is 7.03. The minimum Gasteiger partial charge on any atom is -0.259 e. The summed E-state index contributed by atoms with van der Waals surface area (Å²) in [5, 5.41) is 3.70. The van der Waals surface area contributed by atoms with E-state index in [1.165, 1.54) is 21.6 Å². The van der Waals surface area contributed by atoms with Crippen LogP contribution in [0.15, 0.2) is 102 Å². The highest BCUT2D eigenvalue weighted by molar-refractivity contribution is 7.89. The summed E-state index contributed by atoms with van der Waals surface area (Å²) in [6.45, 7) is 2.25. The molecule has 0 unspecified atom stereocenters. The topological polar surface area (TPSA) is 78.8 Å². The van der Waals surface area contributed by atoms with Crippen LogP contribution in [-0.2, 0) is 23.1 Å². The smallest absolute Gasteiger partial charge is 0.259 e. The van der Waals surface area contributed by atoms with Crippen LogP contribution in [0, 0.1) is 0 Å². The molecule has 1 amide bonds. The standard InChI is InChI=1S/C30H33N5O3S/c1-32(34-19-9-4-10-20-34)30(36)33-23-29(31-24-33)27-15-17-28(18-16-27)39(37,38)35(21-25-11-5-2-6-12-25)22-26-13-7-3-8-14-26/h2-3,5-8,11-18,23-24H,4,9-10,19-22H2,1H3. The van der Waals surface area contributed by atoms with E-state index >= 15 is 0 Å². The predicted octanol–water partition coefficient (Wildman–Crippen LogP) is 5.24. The first kappa shape index (κ1) is 26.8. The fourth-order valence-corrected chi connectivity index (χ4v) is 6.20. The molecule has 3 aromatic carbocycles. The van der Waals surface area contributed by atoms with Crippen LogP contribution in [0.2, 0.25) is 0 Å². The van der Waals surface area contributed by atoms with E-state index in [2.05, 4.69) is 9.99 Å². The number of carbonyl (C=O) groups is 1. The maximum Gasteiger partial charge on any atom is 0.343 e. The SMILES string of the molecule is CN(C(=O)n1cnc(-c2ccc(S(=O)(=O)N(Cc3ccccc3)Cc3ccccc3)cc2)c1)N1CCCCC1. The summed E-state index contributed by atoms with van der Waals surface area (Å²) >= 11 is 0. The number of aromatic nitrogens is 2. The highest BCUT2D eigenvalue weighted by Crippen LogP contribution is 2.25. The van der Waals surface area contributed by atoms with E-state index in [4.69, 9.17) is 0 Å². The van der Waals surface area contributed by atoms with E-state index in [0.717, 1.165) is 42.6 Å². The zero-order chi connectivity index (χ0) is 27.2. The Labute approximate surface area is 230 Å². The molecule has 5 rings (SSSR count). The van der Waals surface area contributed by atoms with Gasteiger partial charge in [0.25, 0.3) is 0 Å². The summed E-state index contributed by atoms with van der Waals surface area (Å²) in [7, 11) is -2.01. The minimum atomic E-state index is -3.79. The average Bonchev–Trinajstić information content (AvgIpc) is 3.48. The molecule has 4 aromatic rings. The summed E-state index contributed by atoms with van der Waals surface area (Å²) in [5.74, 6) is 0. The molecule has 2 heterocycles. The van der Waals surface area contributed by atoms with Crippen LogP contribution < -0.4 is 0 Å². The zero-order valence-corrected chi connectivity index (χ0v) is 22.9. The van der Waals surface area contributed by atoms with Crippen LogP contribution in [0.1, 0.15) is 30.4 Å². The van der Waals surface area contributed by atoms with E-state index in [1.54, 1.807) is 42.5 Å². The van der Waals surface area contributed by atoms with Gasteiger partial charge in [0, 0.05) is 45.0 Å². The maximum atomic E-state index is 13.8. The molecule has 0 aliphatic carbocycles. The Morgan fingerprint density at radius 3 is 1.95 bits per heavy atom. The van der Waals surface area contributed by atoms with Gasteiger partial charge in [-0.15, -0.1) is 0 Å². The van der Waals surface area contributed by atoms with Crippen molar-refractivity contribution in [3.8, 4) is 11.3 Å². The lowest BCUT2D eigenvalue weighted by molar-refractivity contribution is 0.0196.